The molecule has 33 heavy (non-hydrogen) atoms. The summed E-state index contributed by atoms with van der Waals surface area (Å²) < 4.78 is 10.7. The van der Waals surface area contributed by atoms with E-state index in [1.165, 1.54) is 6.08 Å². The van der Waals surface area contributed by atoms with E-state index in [1.807, 2.05) is 6.07 Å². The van der Waals surface area contributed by atoms with Crippen molar-refractivity contribution >= 4 is 40.9 Å². The third kappa shape index (κ3) is 6.86. The van der Waals surface area contributed by atoms with Crippen LogP contribution in [0.3, 0.4) is 0 Å². The summed E-state index contributed by atoms with van der Waals surface area (Å²) in [7, 11) is 1.56. The molecule has 166 valence electrons. The Hall–Kier alpha value is -4.28. The van der Waals surface area contributed by atoms with Crippen molar-refractivity contribution in [1.29, 1.82) is 5.26 Å². The molecule has 2 N–H and O–H groups in total. The molecule has 3 aromatic rings. The van der Waals surface area contributed by atoms with Gasteiger partial charge in [0.25, 0.3) is 11.8 Å². The second-order valence-electron chi connectivity index (χ2n) is 6.73. The molecule has 8 heteroatoms. The topological polar surface area (TPSA) is 100 Å². The van der Waals surface area contributed by atoms with Crippen LogP contribution >= 0.6 is 11.6 Å². The van der Waals surface area contributed by atoms with Crippen molar-refractivity contribution in [3.63, 3.8) is 0 Å². The first-order chi connectivity index (χ1) is 16.0. The molecule has 0 unspecified atom stereocenters. The van der Waals surface area contributed by atoms with E-state index in [9.17, 15) is 14.9 Å². The van der Waals surface area contributed by atoms with Crippen LogP contribution in [0.1, 0.15) is 5.56 Å². The van der Waals surface area contributed by atoms with Crippen molar-refractivity contribution in [2.75, 3.05) is 24.4 Å². The van der Waals surface area contributed by atoms with Crippen LogP contribution in [0.15, 0.2) is 78.4 Å². The summed E-state index contributed by atoms with van der Waals surface area (Å²) in [5, 5.41) is 15.4. The maximum absolute atomic E-state index is 12.5. The summed E-state index contributed by atoms with van der Waals surface area (Å²) in [5.74, 6) is 0.0968. The lowest BCUT2D eigenvalue weighted by molar-refractivity contribution is -0.118. The van der Waals surface area contributed by atoms with E-state index < -0.39 is 5.91 Å². The molecule has 0 aliphatic rings. The Bertz CT molecular complexity index is 1200. The van der Waals surface area contributed by atoms with E-state index in [0.29, 0.717) is 33.5 Å². The molecule has 0 aliphatic heterocycles. The van der Waals surface area contributed by atoms with Gasteiger partial charge in [0.05, 0.1) is 7.11 Å². The number of nitrogens with zero attached hydrogens (tertiary/aromatic N) is 1. The summed E-state index contributed by atoms with van der Waals surface area (Å²) in [4.78, 5) is 24.8. The lowest BCUT2D eigenvalue weighted by Crippen LogP contribution is -2.20. The van der Waals surface area contributed by atoms with Crippen LogP contribution in [0.25, 0.3) is 6.08 Å². The van der Waals surface area contributed by atoms with Gasteiger partial charge in [0.15, 0.2) is 6.61 Å². The molecule has 0 heterocycles. The third-order valence-electron chi connectivity index (χ3n) is 4.42. The Morgan fingerprint density at radius 3 is 2.27 bits per heavy atom. The minimum atomic E-state index is -0.577. The summed E-state index contributed by atoms with van der Waals surface area (Å²) in [5.41, 5.74) is 1.47. The molecule has 0 aromatic heterocycles. The molecule has 0 atom stereocenters. The number of carbonyl (C=O) groups excluding carboxylic acids is 2. The van der Waals surface area contributed by atoms with Gasteiger partial charge in [-0.3, -0.25) is 9.59 Å². The number of anilines is 2. The minimum absolute atomic E-state index is 0.122. The largest absolute Gasteiger partial charge is 0.497 e. The molecule has 0 bridgehead atoms. The van der Waals surface area contributed by atoms with Gasteiger partial charge in [0.1, 0.15) is 23.1 Å². The average molecular weight is 462 g/mol. The molecule has 0 saturated heterocycles. The van der Waals surface area contributed by atoms with E-state index in [1.54, 1.807) is 79.9 Å². The third-order valence-corrected chi connectivity index (χ3v) is 4.67. The first-order valence-electron chi connectivity index (χ1n) is 9.83. The highest BCUT2D eigenvalue weighted by Gasteiger charge is 2.12. The van der Waals surface area contributed by atoms with Crippen LogP contribution in [0.5, 0.6) is 11.5 Å². The van der Waals surface area contributed by atoms with Gasteiger partial charge in [-0.05, 0) is 60.7 Å². The van der Waals surface area contributed by atoms with Crippen molar-refractivity contribution in [3.8, 4) is 17.6 Å². The van der Waals surface area contributed by atoms with Crippen molar-refractivity contribution in [3.05, 3.63) is 89.0 Å². The highest BCUT2D eigenvalue weighted by Crippen LogP contribution is 2.22. The second-order valence-corrected chi connectivity index (χ2v) is 7.17. The first-order valence-corrected chi connectivity index (χ1v) is 10.2. The van der Waals surface area contributed by atoms with Gasteiger partial charge in [-0.1, -0.05) is 29.8 Å². The van der Waals surface area contributed by atoms with Crippen LogP contribution in [0, 0.1) is 11.3 Å². The molecule has 0 fully saturated rings. The number of halogens is 1. The van der Waals surface area contributed by atoms with E-state index >= 15 is 0 Å². The fourth-order valence-corrected chi connectivity index (χ4v) is 2.91. The first kappa shape index (κ1) is 23.4. The van der Waals surface area contributed by atoms with Crippen LogP contribution in [-0.4, -0.2) is 25.5 Å². The highest BCUT2D eigenvalue weighted by atomic mass is 35.5. The predicted molar refractivity (Wildman–Crippen MR) is 127 cm³/mol. The molecule has 0 spiro atoms. The standard InChI is InChI=1S/C25H20ClN3O4/c1-32-22-12-10-20(11-13-22)28-24(30)16-33-23-5-3-2-4-17(23)14-18(15-27)25(31)29-21-8-6-19(26)7-9-21/h2-14H,16H2,1H3,(H,28,30)(H,29,31)/b18-14-. The lowest BCUT2D eigenvalue weighted by Gasteiger charge is -2.11. The lowest BCUT2D eigenvalue weighted by atomic mass is 10.1. The number of methoxy groups -OCH3 is 1. The fraction of sp³-hybridized carbons (Fsp3) is 0.0800. The maximum atomic E-state index is 12.5. The summed E-state index contributed by atoms with van der Waals surface area (Å²) >= 11 is 5.85. The monoisotopic (exact) mass is 461 g/mol. The van der Waals surface area contributed by atoms with Gasteiger partial charge in [-0.25, -0.2) is 0 Å². The molecular weight excluding hydrogens is 442 g/mol. The van der Waals surface area contributed by atoms with Gasteiger partial charge < -0.3 is 20.1 Å². The second kappa shape index (κ2) is 11.4. The number of nitriles is 1. The summed E-state index contributed by atoms with van der Waals surface area (Å²) in [6.45, 7) is -0.254. The van der Waals surface area contributed by atoms with E-state index in [0.717, 1.165) is 0 Å². The predicted octanol–water partition coefficient (Wildman–Crippen LogP) is 4.91. The molecule has 3 rings (SSSR count). The van der Waals surface area contributed by atoms with E-state index in [2.05, 4.69) is 10.6 Å². The number of benzene rings is 3. The zero-order chi connectivity index (χ0) is 23.6. The number of rotatable bonds is 8. The average Bonchev–Trinajstić information content (AvgIpc) is 2.83. The molecule has 0 aliphatic carbocycles. The van der Waals surface area contributed by atoms with Gasteiger partial charge in [0, 0.05) is 22.0 Å². The number of nitrogens with one attached hydrogen (secondary N) is 2. The number of ether oxygens (including phenoxy) is 2. The zero-order valence-corrected chi connectivity index (χ0v) is 18.4. The number of hydrogen-bond donors (Lipinski definition) is 2. The Labute approximate surface area is 196 Å². The van der Waals surface area contributed by atoms with E-state index in [4.69, 9.17) is 21.1 Å². The maximum Gasteiger partial charge on any atom is 0.266 e. The van der Waals surface area contributed by atoms with Gasteiger partial charge in [-0.15, -0.1) is 0 Å². The smallest absolute Gasteiger partial charge is 0.266 e. The normalized spacial score (nSPS) is 10.6. The fourth-order valence-electron chi connectivity index (χ4n) is 2.78. The Morgan fingerprint density at radius 1 is 0.970 bits per heavy atom. The number of para-hydroxylation sites is 1. The zero-order valence-electron chi connectivity index (χ0n) is 17.7. The molecule has 0 radical (unpaired) electrons. The number of hydrogen-bond acceptors (Lipinski definition) is 5. The Morgan fingerprint density at radius 2 is 1.61 bits per heavy atom. The number of amides is 2. The summed E-state index contributed by atoms with van der Waals surface area (Å²) in [6.07, 6.45) is 1.40. The molecular formula is C25H20ClN3O4. The Balaban J connectivity index is 1.67. The van der Waals surface area contributed by atoms with Crippen molar-refractivity contribution in [2.24, 2.45) is 0 Å². The van der Waals surface area contributed by atoms with Gasteiger partial charge in [-0.2, -0.15) is 5.26 Å². The molecule has 3 aromatic carbocycles. The van der Waals surface area contributed by atoms with E-state index in [-0.39, 0.29) is 18.1 Å². The highest BCUT2D eigenvalue weighted by molar-refractivity contribution is 6.30. The molecule has 7 nitrogen and oxygen atoms in total. The van der Waals surface area contributed by atoms with Crippen molar-refractivity contribution in [2.45, 2.75) is 0 Å². The minimum Gasteiger partial charge on any atom is -0.497 e. The van der Waals surface area contributed by atoms with Crippen molar-refractivity contribution < 1.29 is 19.1 Å². The SMILES string of the molecule is COc1ccc(NC(=O)COc2ccccc2/C=C(/C#N)C(=O)Nc2ccc(Cl)cc2)cc1. The van der Waals surface area contributed by atoms with Crippen molar-refractivity contribution in [1.82, 2.24) is 0 Å². The van der Waals surface area contributed by atoms with Crippen LogP contribution < -0.4 is 20.1 Å². The van der Waals surface area contributed by atoms with Crippen LogP contribution in [0.2, 0.25) is 5.02 Å². The quantitative estimate of drug-likeness (QED) is 0.366. The Kier molecular flexibility index (Phi) is 8.06. The molecule has 2 amide bonds. The number of carbonyl (C=O) groups is 2. The van der Waals surface area contributed by atoms with Gasteiger partial charge >= 0.3 is 0 Å². The van der Waals surface area contributed by atoms with Gasteiger partial charge in [0.2, 0.25) is 0 Å². The summed E-state index contributed by atoms with van der Waals surface area (Å²) in [6, 6.07) is 22.1. The van der Waals surface area contributed by atoms with Crippen LogP contribution in [-0.2, 0) is 9.59 Å². The molecule has 0 saturated carbocycles. The van der Waals surface area contributed by atoms with Crippen LogP contribution in [0.4, 0.5) is 11.4 Å².